The SMILES string of the molecule is COc1ccc(C)cc1Nc1ncnc(Nc2ccc(F)c(F)c2)c1[N+](=O)[O-]. The Morgan fingerprint density at radius 2 is 1.75 bits per heavy atom. The molecule has 0 atom stereocenters. The van der Waals surface area contributed by atoms with Crippen molar-refractivity contribution >= 4 is 28.7 Å². The molecule has 0 spiro atoms. The Kier molecular flexibility index (Phi) is 5.30. The molecule has 8 nitrogen and oxygen atoms in total. The fourth-order valence-electron chi connectivity index (χ4n) is 2.49. The van der Waals surface area contributed by atoms with E-state index in [9.17, 15) is 18.9 Å². The number of rotatable bonds is 6. The van der Waals surface area contributed by atoms with Crippen LogP contribution >= 0.6 is 0 Å². The summed E-state index contributed by atoms with van der Waals surface area (Å²) in [7, 11) is 1.47. The van der Waals surface area contributed by atoms with E-state index in [4.69, 9.17) is 4.74 Å². The number of methoxy groups -OCH3 is 1. The van der Waals surface area contributed by atoms with Crippen LogP contribution in [0.5, 0.6) is 5.75 Å². The molecule has 1 heterocycles. The Balaban J connectivity index is 2.01. The summed E-state index contributed by atoms with van der Waals surface area (Å²) < 4.78 is 31.8. The lowest BCUT2D eigenvalue weighted by atomic mass is 10.2. The number of ether oxygens (including phenoxy) is 1. The maximum atomic E-state index is 13.4. The fourth-order valence-corrected chi connectivity index (χ4v) is 2.49. The van der Waals surface area contributed by atoms with Gasteiger partial charge in [0, 0.05) is 11.8 Å². The number of aryl methyl sites for hydroxylation is 1. The highest BCUT2D eigenvalue weighted by atomic mass is 19.2. The van der Waals surface area contributed by atoms with Crippen molar-refractivity contribution in [3.63, 3.8) is 0 Å². The Morgan fingerprint density at radius 3 is 2.39 bits per heavy atom. The van der Waals surface area contributed by atoms with Gasteiger partial charge in [-0.25, -0.2) is 18.7 Å². The van der Waals surface area contributed by atoms with Gasteiger partial charge in [0.1, 0.15) is 12.1 Å². The molecule has 0 saturated carbocycles. The summed E-state index contributed by atoms with van der Waals surface area (Å²) in [6, 6.07) is 8.30. The Morgan fingerprint density at radius 1 is 1.04 bits per heavy atom. The summed E-state index contributed by atoms with van der Waals surface area (Å²) in [4.78, 5) is 18.8. The van der Waals surface area contributed by atoms with Crippen LogP contribution in [0.1, 0.15) is 5.56 Å². The number of anilines is 4. The fraction of sp³-hybridized carbons (Fsp3) is 0.111. The number of halogens is 2. The molecule has 144 valence electrons. The molecule has 0 aliphatic heterocycles. The quantitative estimate of drug-likeness (QED) is 0.475. The van der Waals surface area contributed by atoms with Crippen LogP contribution in [-0.2, 0) is 0 Å². The van der Waals surface area contributed by atoms with Crippen LogP contribution in [-0.4, -0.2) is 22.0 Å². The van der Waals surface area contributed by atoms with E-state index in [1.54, 1.807) is 12.1 Å². The van der Waals surface area contributed by atoms with Crippen molar-refractivity contribution in [3.05, 3.63) is 70.0 Å². The number of hydrogen-bond acceptors (Lipinski definition) is 7. The number of nitrogens with one attached hydrogen (secondary N) is 2. The predicted molar refractivity (Wildman–Crippen MR) is 99.3 cm³/mol. The average molecular weight is 387 g/mol. The molecule has 0 bridgehead atoms. The Labute approximate surface area is 158 Å². The molecule has 1 aromatic heterocycles. The molecule has 0 unspecified atom stereocenters. The zero-order valence-electron chi connectivity index (χ0n) is 14.9. The van der Waals surface area contributed by atoms with Gasteiger partial charge in [0.2, 0.25) is 11.6 Å². The molecule has 0 fully saturated rings. The molecular formula is C18H15F2N5O3. The lowest BCUT2D eigenvalue weighted by Gasteiger charge is -2.13. The van der Waals surface area contributed by atoms with Crippen LogP contribution in [0.15, 0.2) is 42.7 Å². The minimum atomic E-state index is -1.09. The minimum Gasteiger partial charge on any atom is -0.495 e. The van der Waals surface area contributed by atoms with E-state index in [0.29, 0.717) is 11.4 Å². The molecule has 2 N–H and O–H groups in total. The van der Waals surface area contributed by atoms with Gasteiger partial charge >= 0.3 is 5.69 Å². The van der Waals surface area contributed by atoms with Gasteiger partial charge in [-0.3, -0.25) is 10.1 Å². The van der Waals surface area contributed by atoms with Crippen molar-refractivity contribution in [2.75, 3.05) is 17.7 Å². The molecule has 0 amide bonds. The number of benzene rings is 2. The summed E-state index contributed by atoms with van der Waals surface area (Å²) in [5.41, 5.74) is 1.01. The second-order valence-electron chi connectivity index (χ2n) is 5.76. The van der Waals surface area contributed by atoms with Crippen LogP contribution in [0, 0.1) is 28.7 Å². The largest absolute Gasteiger partial charge is 0.495 e. The second-order valence-corrected chi connectivity index (χ2v) is 5.76. The number of hydrogen-bond donors (Lipinski definition) is 2. The van der Waals surface area contributed by atoms with Crippen LogP contribution in [0.3, 0.4) is 0 Å². The predicted octanol–water partition coefficient (Wildman–Crippen LogP) is 4.47. The minimum absolute atomic E-state index is 0.0889. The monoisotopic (exact) mass is 387 g/mol. The Hall–Kier alpha value is -3.82. The van der Waals surface area contributed by atoms with Gasteiger partial charge in [-0.1, -0.05) is 6.07 Å². The second kappa shape index (κ2) is 7.82. The Bertz CT molecular complexity index is 1050. The van der Waals surface area contributed by atoms with Crippen LogP contribution < -0.4 is 15.4 Å². The topological polar surface area (TPSA) is 102 Å². The smallest absolute Gasteiger partial charge is 0.353 e. The van der Waals surface area contributed by atoms with Crippen molar-refractivity contribution in [1.29, 1.82) is 0 Å². The lowest BCUT2D eigenvalue weighted by Crippen LogP contribution is -2.06. The van der Waals surface area contributed by atoms with Gasteiger partial charge in [0.05, 0.1) is 17.7 Å². The third kappa shape index (κ3) is 3.95. The summed E-state index contributed by atoms with van der Waals surface area (Å²) >= 11 is 0. The van der Waals surface area contributed by atoms with Gasteiger partial charge in [-0.2, -0.15) is 0 Å². The van der Waals surface area contributed by atoms with E-state index < -0.39 is 22.2 Å². The summed E-state index contributed by atoms with van der Waals surface area (Å²) in [6.45, 7) is 1.86. The molecule has 28 heavy (non-hydrogen) atoms. The first kappa shape index (κ1) is 19.0. The molecule has 0 saturated heterocycles. The van der Waals surface area contributed by atoms with E-state index in [-0.39, 0.29) is 17.3 Å². The van der Waals surface area contributed by atoms with Crippen molar-refractivity contribution in [3.8, 4) is 5.75 Å². The van der Waals surface area contributed by atoms with Gasteiger partial charge in [0.25, 0.3) is 0 Å². The first-order valence-corrected chi connectivity index (χ1v) is 8.02. The molecule has 2 aromatic carbocycles. The normalized spacial score (nSPS) is 10.4. The standard InChI is InChI=1S/C18H15F2N5O3/c1-10-3-6-15(28-2)14(7-10)24-18-16(25(26)27)17(21-9-22-18)23-11-4-5-12(19)13(20)8-11/h3-9H,1-2H3,(H2,21,22,23,24). The van der Waals surface area contributed by atoms with Gasteiger partial charge in [-0.05, 0) is 36.8 Å². The number of nitrogens with zero attached hydrogens (tertiary/aromatic N) is 3. The zero-order chi connectivity index (χ0) is 20.3. The van der Waals surface area contributed by atoms with Crippen molar-refractivity contribution in [2.24, 2.45) is 0 Å². The van der Waals surface area contributed by atoms with Crippen molar-refractivity contribution < 1.29 is 18.4 Å². The third-order valence-electron chi connectivity index (χ3n) is 3.80. The van der Waals surface area contributed by atoms with Crippen LogP contribution in [0.2, 0.25) is 0 Å². The van der Waals surface area contributed by atoms with Gasteiger partial charge < -0.3 is 15.4 Å². The first-order chi connectivity index (χ1) is 13.4. The molecule has 0 radical (unpaired) electrons. The van der Waals surface area contributed by atoms with Gasteiger partial charge in [0.15, 0.2) is 11.6 Å². The number of nitro groups is 1. The molecule has 0 aliphatic rings. The summed E-state index contributed by atoms with van der Waals surface area (Å²) in [5, 5.41) is 17.1. The molecular weight excluding hydrogens is 372 g/mol. The molecule has 0 aliphatic carbocycles. The van der Waals surface area contributed by atoms with Crippen LogP contribution in [0.25, 0.3) is 0 Å². The summed E-state index contributed by atoms with van der Waals surface area (Å²) in [5.74, 6) is -1.93. The maximum Gasteiger partial charge on any atom is 0.353 e. The zero-order valence-corrected chi connectivity index (χ0v) is 14.9. The highest BCUT2D eigenvalue weighted by molar-refractivity contribution is 5.78. The van der Waals surface area contributed by atoms with Crippen molar-refractivity contribution in [1.82, 2.24) is 9.97 Å². The molecule has 3 rings (SSSR count). The third-order valence-corrected chi connectivity index (χ3v) is 3.80. The van der Waals surface area contributed by atoms with E-state index in [1.165, 1.54) is 13.2 Å². The first-order valence-electron chi connectivity index (χ1n) is 8.02. The summed E-state index contributed by atoms with van der Waals surface area (Å²) in [6.07, 6.45) is 1.11. The molecule has 10 heteroatoms. The van der Waals surface area contributed by atoms with Crippen LogP contribution in [0.4, 0.5) is 37.5 Å². The van der Waals surface area contributed by atoms with E-state index in [0.717, 1.165) is 24.0 Å². The van der Waals surface area contributed by atoms with E-state index in [1.807, 2.05) is 13.0 Å². The van der Waals surface area contributed by atoms with E-state index >= 15 is 0 Å². The number of aromatic nitrogens is 2. The van der Waals surface area contributed by atoms with Gasteiger partial charge in [-0.15, -0.1) is 0 Å². The van der Waals surface area contributed by atoms with E-state index in [2.05, 4.69) is 20.6 Å². The average Bonchev–Trinajstić information content (AvgIpc) is 2.65. The van der Waals surface area contributed by atoms with Crippen molar-refractivity contribution in [2.45, 2.75) is 6.92 Å². The highest BCUT2D eigenvalue weighted by Crippen LogP contribution is 2.35. The maximum absolute atomic E-state index is 13.4. The molecule has 3 aromatic rings. The highest BCUT2D eigenvalue weighted by Gasteiger charge is 2.24. The lowest BCUT2D eigenvalue weighted by molar-refractivity contribution is -0.383.